The van der Waals surface area contributed by atoms with Gasteiger partial charge in [-0.15, -0.1) is 0 Å². The number of Topliss-reactive ketones (excluding diaryl/α,β-unsaturated/α-hetero) is 1. The fourth-order valence-corrected chi connectivity index (χ4v) is 7.26. The van der Waals surface area contributed by atoms with Crippen LogP contribution in [-0.4, -0.2) is 46.1 Å². The molecule has 0 spiro atoms. The zero-order valence-corrected chi connectivity index (χ0v) is 19.8. The van der Waals surface area contributed by atoms with Crippen molar-refractivity contribution in [3.63, 3.8) is 0 Å². The van der Waals surface area contributed by atoms with Gasteiger partial charge in [-0.3, -0.25) is 14.4 Å². The van der Waals surface area contributed by atoms with Crippen LogP contribution < -0.4 is 0 Å². The summed E-state index contributed by atoms with van der Waals surface area (Å²) in [5.41, 5.74) is -2.45. The van der Waals surface area contributed by atoms with E-state index in [4.69, 9.17) is 4.74 Å². The molecule has 4 aliphatic carbocycles. The highest BCUT2D eigenvalue weighted by Gasteiger charge is 2.68. The molecular formula is C26H36O6. The van der Waals surface area contributed by atoms with Gasteiger partial charge in [-0.2, -0.15) is 0 Å². The summed E-state index contributed by atoms with van der Waals surface area (Å²) in [6.45, 7) is 8.73. The van der Waals surface area contributed by atoms with E-state index in [0.29, 0.717) is 19.3 Å². The van der Waals surface area contributed by atoms with Gasteiger partial charge in [0.1, 0.15) is 5.60 Å². The van der Waals surface area contributed by atoms with E-state index >= 15 is 0 Å². The Labute approximate surface area is 190 Å². The fraction of sp³-hybridized carbons (Fsp3) is 0.731. The summed E-state index contributed by atoms with van der Waals surface area (Å²) >= 11 is 0. The number of rotatable bonds is 3. The second-order valence-electron chi connectivity index (χ2n) is 11.9. The predicted molar refractivity (Wildman–Crippen MR) is 118 cm³/mol. The molecule has 0 heterocycles. The highest BCUT2D eigenvalue weighted by Crippen LogP contribution is 2.67. The first-order valence-corrected chi connectivity index (χ1v) is 11.8. The van der Waals surface area contributed by atoms with Gasteiger partial charge in [0.15, 0.2) is 12.4 Å². The molecule has 4 rings (SSSR count). The maximum absolute atomic E-state index is 13.2. The first-order chi connectivity index (χ1) is 14.7. The molecule has 32 heavy (non-hydrogen) atoms. The van der Waals surface area contributed by atoms with Gasteiger partial charge in [-0.1, -0.05) is 25.5 Å². The number of fused-ring (bicyclic) bond motifs is 5. The molecule has 0 aromatic heterocycles. The lowest BCUT2D eigenvalue weighted by Gasteiger charge is -2.59. The number of esters is 1. The van der Waals surface area contributed by atoms with Crippen molar-refractivity contribution in [3.8, 4) is 0 Å². The van der Waals surface area contributed by atoms with Gasteiger partial charge in [0.25, 0.3) is 0 Å². The topological polar surface area (TPSA) is 101 Å². The molecule has 7 atom stereocenters. The molecule has 0 bridgehead atoms. The summed E-state index contributed by atoms with van der Waals surface area (Å²) in [5.74, 6) is -0.791. The second kappa shape index (κ2) is 7.36. The molecule has 0 amide bonds. The van der Waals surface area contributed by atoms with Gasteiger partial charge < -0.3 is 14.9 Å². The quantitative estimate of drug-likeness (QED) is 0.649. The van der Waals surface area contributed by atoms with Crippen molar-refractivity contribution in [2.24, 2.45) is 34.0 Å². The highest BCUT2D eigenvalue weighted by atomic mass is 16.5. The third-order valence-electron chi connectivity index (χ3n) is 9.06. The normalized spacial score (nSPS) is 43.1. The number of carbonyl (C=O) groups excluding carboxylic acids is 3. The molecule has 6 heteroatoms. The summed E-state index contributed by atoms with van der Waals surface area (Å²) in [6.07, 6.45) is 7.48. The third kappa shape index (κ3) is 3.25. The molecule has 6 nitrogen and oxygen atoms in total. The molecule has 0 unspecified atom stereocenters. The number of carbonyl (C=O) groups is 3. The van der Waals surface area contributed by atoms with Gasteiger partial charge in [0.2, 0.25) is 5.78 Å². The Morgan fingerprint density at radius 2 is 1.91 bits per heavy atom. The van der Waals surface area contributed by atoms with E-state index in [-0.39, 0.29) is 29.0 Å². The lowest BCUT2D eigenvalue weighted by molar-refractivity contribution is -0.182. The van der Waals surface area contributed by atoms with E-state index in [1.807, 2.05) is 13.0 Å². The molecule has 0 saturated heterocycles. The van der Waals surface area contributed by atoms with E-state index in [9.17, 15) is 24.6 Å². The minimum atomic E-state index is -1.63. The van der Waals surface area contributed by atoms with Gasteiger partial charge in [-0.25, -0.2) is 0 Å². The molecule has 0 aromatic rings. The average molecular weight is 445 g/mol. The SMILES string of the molecule is CC(C)(C)C(=O)OCC(=O)[C@]1(O)CC[C@H]2[C@@H]3CCC4=CC(=O)C=C[C@]4(C)[C@H]3[C@@H](O)C[C@@]21C. The van der Waals surface area contributed by atoms with Crippen LogP contribution in [0.4, 0.5) is 0 Å². The molecule has 0 aromatic carbocycles. The standard InChI is InChI=1S/C26H36O6/c1-23(2,3)22(30)32-14-20(29)26(31)11-9-18-17-7-6-15-12-16(27)8-10-24(15,4)21(17)19(28)13-25(18,26)5/h8,10,12,17-19,21,28,31H,6-7,9,11,13-14H2,1-5H3/t17-,18-,19-,21+,24-,25-,26+/m0/s1. The monoisotopic (exact) mass is 444 g/mol. The van der Waals surface area contributed by atoms with Crippen LogP contribution in [0, 0.1) is 34.0 Å². The van der Waals surface area contributed by atoms with Crippen LogP contribution in [0.25, 0.3) is 0 Å². The van der Waals surface area contributed by atoms with Crippen LogP contribution in [0.2, 0.25) is 0 Å². The Bertz CT molecular complexity index is 910. The first kappa shape index (κ1) is 23.4. The predicted octanol–water partition coefficient (Wildman–Crippen LogP) is 3.15. The summed E-state index contributed by atoms with van der Waals surface area (Å²) in [5, 5.41) is 23.0. The number of aliphatic hydroxyl groups excluding tert-OH is 1. The van der Waals surface area contributed by atoms with Crippen molar-refractivity contribution in [2.75, 3.05) is 6.61 Å². The Hall–Kier alpha value is -1.79. The van der Waals surface area contributed by atoms with Crippen LogP contribution in [0.5, 0.6) is 0 Å². The van der Waals surface area contributed by atoms with Crippen molar-refractivity contribution < 1.29 is 29.3 Å². The summed E-state index contributed by atoms with van der Waals surface area (Å²) < 4.78 is 5.24. The van der Waals surface area contributed by atoms with E-state index in [1.54, 1.807) is 32.9 Å². The van der Waals surface area contributed by atoms with Gasteiger partial charge in [0.05, 0.1) is 11.5 Å². The molecule has 2 N–H and O–H groups in total. The second-order valence-corrected chi connectivity index (χ2v) is 11.9. The molecular weight excluding hydrogens is 408 g/mol. The van der Waals surface area contributed by atoms with Crippen LogP contribution in [0.3, 0.4) is 0 Å². The van der Waals surface area contributed by atoms with Crippen molar-refractivity contribution in [1.82, 2.24) is 0 Å². The van der Waals surface area contributed by atoms with Crippen LogP contribution >= 0.6 is 0 Å². The molecule has 0 radical (unpaired) electrons. The lowest BCUT2D eigenvalue weighted by atomic mass is 9.46. The summed E-state index contributed by atoms with van der Waals surface area (Å²) in [4.78, 5) is 37.3. The molecule has 3 saturated carbocycles. The van der Waals surface area contributed by atoms with Crippen molar-refractivity contribution >= 4 is 17.5 Å². The highest BCUT2D eigenvalue weighted by molar-refractivity contribution is 6.01. The first-order valence-electron chi connectivity index (χ1n) is 11.8. The summed E-state index contributed by atoms with van der Waals surface area (Å²) in [6, 6.07) is 0. The van der Waals surface area contributed by atoms with Crippen molar-refractivity contribution in [3.05, 3.63) is 23.8 Å². The largest absolute Gasteiger partial charge is 0.457 e. The maximum atomic E-state index is 13.2. The van der Waals surface area contributed by atoms with Gasteiger partial charge in [-0.05, 0) is 76.9 Å². The minimum absolute atomic E-state index is 0.00305. The van der Waals surface area contributed by atoms with Crippen molar-refractivity contribution in [1.29, 1.82) is 0 Å². The zero-order valence-electron chi connectivity index (χ0n) is 19.8. The van der Waals surface area contributed by atoms with Crippen molar-refractivity contribution in [2.45, 2.75) is 78.4 Å². The van der Waals surface area contributed by atoms with E-state index in [0.717, 1.165) is 18.4 Å². The average Bonchev–Trinajstić information content (AvgIpc) is 2.97. The number of hydrogen-bond donors (Lipinski definition) is 2. The van der Waals surface area contributed by atoms with E-state index < -0.39 is 40.9 Å². The third-order valence-corrected chi connectivity index (χ3v) is 9.06. The molecule has 176 valence electrons. The Morgan fingerprint density at radius 1 is 1.22 bits per heavy atom. The lowest BCUT2D eigenvalue weighted by Crippen LogP contribution is -2.61. The molecule has 3 fully saturated rings. The van der Waals surface area contributed by atoms with Crippen LogP contribution in [-0.2, 0) is 19.1 Å². The molecule has 0 aliphatic heterocycles. The zero-order chi connectivity index (χ0) is 23.7. The molecule has 4 aliphatic rings. The van der Waals surface area contributed by atoms with Crippen LogP contribution in [0.15, 0.2) is 23.8 Å². The smallest absolute Gasteiger partial charge is 0.311 e. The Kier molecular flexibility index (Phi) is 5.37. The van der Waals surface area contributed by atoms with Crippen LogP contribution in [0.1, 0.15) is 66.7 Å². The minimum Gasteiger partial charge on any atom is -0.457 e. The summed E-state index contributed by atoms with van der Waals surface area (Å²) in [7, 11) is 0. The van der Waals surface area contributed by atoms with E-state index in [2.05, 4.69) is 6.92 Å². The number of hydrogen-bond acceptors (Lipinski definition) is 6. The number of aliphatic hydroxyl groups is 2. The maximum Gasteiger partial charge on any atom is 0.311 e. The Morgan fingerprint density at radius 3 is 2.56 bits per heavy atom. The van der Waals surface area contributed by atoms with E-state index in [1.165, 1.54) is 0 Å². The van der Waals surface area contributed by atoms with Gasteiger partial charge >= 0.3 is 5.97 Å². The Balaban J connectivity index is 1.60. The number of ketones is 2. The van der Waals surface area contributed by atoms with Gasteiger partial charge in [0, 0.05) is 16.7 Å². The number of ether oxygens (including phenoxy) is 1. The fourth-order valence-electron chi connectivity index (χ4n) is 7.26. The number of allylic oxidation sites excluding steroid dienone is 4.